The lowest BCUT2D eigenvalue weighted by molar-refractivity contribution is 0.109. The second kappa shape index (κ2) is 5.81. The number of rotatable bonds is 3. The Labute approximate surface area is 104 Å². The average molecular weight is 261 g/mol. The van der Waals surface area contributed by atoms with Crippen molar-refractivity contribution in [2.45, 2.75) is 18.9 Å². The standard InChI is InChI=1S/C11H24N3O2P/c1-16-17(2,15)14-9-7-13(8-10-14)11-3-5-12-6-4-11/h11-12H,3-10H2,1-2H3. The van der Waals surface area contributed by atoms with Crippen LogP contribution in [0.2, 0.25) is 0 Å². The van der Waals surface area contributed by atoms with Crippen LogP contribution in [0.5, 0.6) is 0 Å². The zero-order chi connectivity index (χ0) is 12.3. The van der Waals surface area contributed by atoms with Gasteiger partial charge in [-0.05, 0) is 25.9 Å². The average Bonchev–Trinajstić information content (AvgIpc) is 2.40. The fourth-order valence-electron chi connectivity index (χ4n) is 2.73. The first-order chi connectivity index (χ1) is 8.13. The van der Waals surface area contributed by atoms with E-state index >= 15 is 0 Å². The topological polar surface area (TPSA) is 44.8 Å². The molecular formula is C11H24N3O2P. The van der Waals surface area contributed by atoms with Crippen molar-refractivity contribution in [2.24, 2.45) is 0 Å². The van der Waals surface area contributed by atoms with Crippen LogP contribution < -0.4 is 5.32 Å². The number of nitrogens with zero attached hydrogens (tertiary/aromatic N) is 2. The Morgan fingerprint density at radius 2 is 1.76 bits per heavy atom. The van der Waals surface area contributed by atoms with Gasteiger partial charge in [-0.3, -0.25) is 9.46 Å². The van der Waals surface area contributed by atoms with E-state index in [0.717, 1.165) is 45.3 Å². The fraction of sp³-hybridized carbons (Fsp3) is 1.00. The Morgan fingerprint density at radius 3 is 2.29 bits per heavy atom. The molecule has 1 N–H and O–H groups in total. The molecule has 2 saturated heterocycles. The first-order valence-electron chi connectivity index (χ1n) is 6.47. The Hall–Kier alpha value is 0.0700. The van der Waals surface area contributed by atoms with Crippen molar-refractivity contribution in [1.82, 2.24) is 14.9 Å². The minimum absolute atomic E-state index is 0.720. The molecular weight excluding hydrogens is 237 g/mol. The van der Waals surface area contributed by atoms with E-state index in [4.69, 9.17) is 4.52 Å². The summed E-state index contributed by atoms with van der Waals surface area (Å²) in [5, 5.41) is 3.39. The van der Waals surface area contributed by atoms with E-state index in [2.05, 4.69) is 10.2 Å². The molecule has 1 unspecified atom stereocenters. The molecule has 0 aromatic heterocycles. The van der Waals surface area contributed by atoms with Crippen LogP contribution in [-0.4, -0.2) is 68.7 Å². The van der Waals surface area contributed by atoms with Gasteiger partial charge in [0.1, 0.15) is 0 Å². The van der Waals surface area contributed by atoms with E-state index in [0.29, 0.717) is 0 Å². The van der Waals surface area contributed by atoms with E-state index in [1.165, 1.54) is 12.8 Å². The van der Waals surface area contributed by atoms with Crippen LogP contribution in [0.3, 0.4) is 0 Å². The van der Waals surface area contributed by atoms with Crippen molar-refractivity contribution in [3.05, 3.63) is 0 Å². The summed E-state index contributed by atoms with van der Waals surface area (Å²) in [6.07, 6.45) is 2.49. The minimum Gasteiger partial charge on any atom is -0.321 e. The lowest BCUT2D eigenvalue weighted by atomic mass is 10.0. The molecule has 5 nitrogen and oxygen atoms in total. The van der Waals surface area contributed by atoms with E-state index in [-0.39, 0.29) is 0 Å². The maximum atomic E-state index is 12.1. The molecule has 2 aliphatic rings. The Morgan fingerprint density at radius 1 is 1.18 bits per heavy atom. The number of nitrogens with one attached hydrogen (secondary N) is 1. The Bertz CT molecular complexity index is 286. The first kappa shape index (κ1) is 13.5. The van der Waals surface area contributed by atoms with Gasteiger partial charge >= 0.3 is 0 Å². The molecule has 0 radical (unpaired) electrons. The zero-order valence-corrected chi connectivity index (χ0v) is 11.8. The van der Waals surface area contributed by atoms with Gasteiger partial charge in [-0.25, -0.2) is 4.67 Å². The van der Waals surface area contributed by atoms with E-state index in [1.807, 2.05) is 4.67 Å². The molecule has 0 aromatic rings. The van der Waals surface area contributed by atoms with Gasteiger partial charge in [-0.1, -0.05) is 0 Å². The number of piperidine rings is 1. The summed E-state index contributed by atoms with van der Waals surface area (Å²) in [6, 6.07) is 0.720. The van der Waals surface area contributed by atoms with Crippen LogP contribution in [0.1, 0.15) is 12.8 Å². The molecule has 1 atom stereocenters. The highest BCUT2D eigenvalue weighted by Crippen LogP contribution is 2.46. The molecule has 2 heterocycles. The quantitative estimate of drug-likeness (QED) is 0.762. The molecule has 0 amide bonds. The highest BCUT2D eigenvalue weighted by Gasteiger charge is 2.31. The maximum Gasteiger partial charge on any atom is 0.269 e. The van der Waals surface area contributed by atoms with Crippen LogP contribution in [-0.2, 0) is 9.09 Å². The van der Waals surface area contributed by atoms with Crippen molar-refractivity contribution >= 4 is 7.52 Å². The van der Waals surface area contributed by atoms with Gasteiger partial charge in [-0.2, -0.15) is 0 Å². The SMILES string of the molecule is COP(C)(=O)N1CCN(C2CCNCC2)CC1. The normalized spacial score (nSPS) is 29.1. The summed E-state index contributed by atoms with van der Waals surface area (Å²) in [7, 11) is -0.980. The van der Waals surface area contributed by atoms with Crippen molar-refractivity contribution < 1.29 is 9.09 Å². The predicted octanol–water partition coefficient (Wildman–Crippen LogP) is 0.825. The molecule has 100 valence electrons. The monoisotopic (exact) mass is 261 g/mol. The van der Waals surface area contributed by atoms with Gasteiger partial charge in [0.05, 0.1) is 0 Å². The van der Waals surface area contributed by atoms with Crippen LogP contribution in [0.15, 0.2) is 0 Å². The molecule has 0 aliphatic carbocycles. The summed E-state index contributed by atoms with van der Waals surface area (Å²) in [5.74, 6) is 0. The van der Waals surface area contributed by atoms with Crippen LogP contribution in [0.25, 0.3) is 0 Å². The Kier molecular flexibility index (Phi) is 4.61. The molecule has 0 bridgehead atoms. The minimum atomic E-state index is -2.52. The van der Waals surface area contributed by atoms with Crippen molar-refractivity contribution in [3.63, 3.8) is 0 Å². The summed E-state index contributed by atoms with van der Waals surface area (Å²) in [4.78, 5) is 2.55. The molecule has 0 saturated carbocycles. The lowest BCUT2D eigenvalue weighted by Gasteiger charge is -2.41. The van der Waals surface area contributed by atoms with Crippen LogP contribution >= 0.6 is 7.52 Å². The van der Waals surface area contributed by atoms with Crippen LogP contribution in [0, 0.1) is 0 Å². The first-order valence-corrected chi connectivity index (χ1v) is 8.49. The van der Waals surface area contributed by atoms with E-state index in [1.54, 1.807) is 13.8 Å². The van der Waals surface area contributed by atoms with Crippen molar-refractivity contribution in [3.8, 4) is 0 Å². The highest BCUT2D eigenvalue weighted by molar-refractivity contribution is 7.55. The smallest absolute Gasteiger partial charge is 0.269 e. The second-order valence-corrected chi connectivity index (χ2v) is 7.49. The molecule has 6 heteroatoms. The molecule has 2 rings (SSSR count). The highest BCUT2D eigenvalue weighted by atomic mass is 31.2. The van der Waals surface area contributed by atoms with E-state index < -0.39 is 7.52 Å². The maximum absolute atomic E-state index is 12.1. The fourth-order valence-corrected chi connectivity index (χ4v) is 3.86. The summed E-state index contributed by atoms with van der Waals surface area (Å²) < 4.78 is 19.2. The summed E-state index contributed by atoms with van der Waals surface area (Å²) >= 11 is 0. The van der Waals surface area contributed by atoms with Gasteiger partial charge < -0.3 is 9.84 Å². The van der Waals surface area contributed by atoms with Crippen molar-refractivity contribution in [1.29, 1.82) is 0 Å². The van der Waals surface area contributed by atoms with Gasteiger partial charge in [0, 0.05) is 46.0 Å². The lowest BCUT2D eigenvalue weighted by Crippen LogP contribution is -2.51. The number of hydrogen-bond acceptors (Lipinski definition) is 4. The molecule has 17 heavy (non-hydrogen) atoms. The van der Waals surface area contributed by atoms with Gasteiger partial charge in [0.15, 0.2) is 0 Å². The van der Waals surface area contributed by atoms with Crippen molar-refractivity contribution in [2.75, 3.05) is 53.0 Å². The predicted molar refractivity (Wildman–Crippen MR) is 69.6 cm³/mol. The van der Waals surface area contributed by atoms with Gasteiger partial charge in [-0.15, -0.1) is 0 Å². The number of hydrogen-bond donors (Lipinski definition) is 1. The third-order valence-electron chi connectivity index (χ3n) is 3.97. The Balaban J connectivity index is 1.83. The molecule has 2 fully saturated rings. The third kappa shape index (κ3) is 3.30. The number of piperazine rings is 1. The summed E-state index contributed by atoms with van der Waals surface area (Å²) in [5.41, 5.74) is 0. The summed E-state index contributed by atoms with van der Waals surface area (Å²) in [6.45, 7) is 7.76. The molecule has 0 aromatic carbocycles. The molecule has 0 spiro atoms. The van der Waals surface area contributed by atoms with Crippen LogP contribution in [0.4, 0.5) is 0 Å². The largest absolute Gasteiger partial charge is 0.321 e. The second-order valence-electron chi connectivity index (χ2n) is 4.96. The van der Waals surface area contributed by atoms with E-state index in [9.17, 15) is 4.57 Å². The molecule has 2 aliphatic heterocycles. The third-order valence-corrected chi connectivity index (χ3v) is 6.07. The van der Waals surface area contributed by atoms with Gasteiger partial charge in [0.25, 0.3) is 7.52 Å². The van der Waals surface area contributed by atoms with Gasteiger partial charge in [0.2, 0.25) is 0 Å². The zero-order valence-electron chi connectivity index (χ0n) is 10.9.